The van der Waals surface area contributed by atoms with E-state index in [2.05, 4.69) is 6.92 Å². The Morgan fingerprint density at radius 2 is 1.81 bits per heavy atom. The predicted octanol–water partition coefficient (Wildman–Crippen LogP) is 6.30. The van der Waals surface area contributed by atoms with Crippen molar-refractivity contribution in [2.24, 2.45) is 0 Å². The molecule has 0 bridgehead atoms. The fourth-order valence-corrected chi connectivity index (χ4v) is 4.02. The molecule has 0 aliphatic heterocycles. The number of anilines is 1. The molecule has 0 unspecified atom stereocenters. The van der Waals surface area contributed by atoms with E-state index in [9.17, 15) is 4.79 Å². The molecule has 0 atom stereocenters. The van der Waals surface area contributed by atoms with E-state index in [1.54, 1.807) is 28.6 Å². The molecule has 0 fully saturated rings. The summed E-state index contributed by atoms with van der Waals surface area (Å²) < 4.78 is 7.49. The van der Waals surface area contributed by atoms with Gasteiger partial charge in [0.2, 0.25) is 5.91 Å². The van der Waals surface area contributed by atoms with Crippen LogP contribution in [0.15, 0.2) is 66.9 Å². The minimum absolute atomic E-state index is 0.0711. The summed E-state index contributed by atoms with van der Waals surface area (Å²) in [6.07, 6.45) is 2.81. The highest BCUT2D eigenvalue weighted by molar-refractivity contribution is 6.36. The molecule has 32 heavy (non-hydrogen) atoms. The molecule has 0 spiro atoms. The zero-order chi connectivity index (χ0) is 22.7. The molecule has 2 aromatic heterocycles. The number of rotatable bonds is 7. The van der Waals surface area contributed by atoms with E-state index in [1.165, 1.54) is 0 Å². The molecule has 0 radical (unpaired) electrons. The molecule has 7 heteroatoms. The molecule has 2 heterocycles. The maximum atomic E-state index is 13.2. The number of ether oxygens (including phenoxy) is 1. The van der Waals surface area contributed by atoms with E-state index in [4.69, 9.17) is 32.9 Å². The first kappa shape index (κ1) is 22.2. The molecule has 5 nitrogen and oxygen atoms in total. The number of amides is 1. The number of carbonyl (C=O) groups excluding carboxylic acids is 1. The van der Waals surface area contributed by atoms with Crippen molar-refractivity contribution >= 4 is 40.4 Å². The van der Waals surface area contributed by atoms with Gasteiger partial charge in [-0.25, -0.2) is 4.98 Å². The highest BCUT2D eigenvalue weighted by Gasteiger charge is 2.21. The van der Waals surface area contributed by atoms with Gasteiger partial charge >= 0.3 is 0 Å². The average molecular weight is 468 g/mol. The Morgan fingerprint density at radius 1 is 1.09 bits per heavy atom. The van der Waals surface area contributed by atoms with Crippen LogP contribution >= 0.6 is 23.2 Å². The molecule has 0 saturated carbocycles. The van der Waals surface area contributed by atoms with Crippen LogP contribution in [0.5, 0.6) is 5.75 Å². The van der Waals surface area contributed by atoms with Crippen LogP contribution in [0.25, 0.3) is 16.9 Å². The SMILES string of the molecule is CCCOc1ccc(-c2nc3c(Cl)cc(Cl)cn3c2CC(=O)N(C)c2ccccc2)cc1. The minimum Gasteiger partial charge on any atom is -0.494 e. The molecule has 0 aliphatic rings. The van der Waals surface area contributed by atoms with E-state index in [-0.39, 0.29) is 12.3 Å². The highest BCUT2D eigenvalue weighted by Crippen LogP contribution is 2.31. The Morgan fingerprint density at radius 3 is 2.50 bits per heavy atom. The Balaban J connectivity index is 1.75. The average Bonchev–Trinajstić information content (AvgIpc) is 3.16. The first-order chi connectivity index (χ1) is 15.5. The van der Waals surface area contributed by atoms with Gasteiger partial charge < -0.3 is 14.0 Å². The molecule has 0 N–H and O–H groups in total. The molecule has 4 rings (SSSR count). The van der Waals surface area contributed by atoms with Crippen LogP contribution in [0.3, 0.4) is 0 Å². The molecular weight excluding hydrogens is 445 g/mol. The summed E-state index contributed by atoms with van der Waals surface area (Å²) in [5, 5.41) is 0.900. The summed E-state index contributed by atoms with van der Waals surface area (Å²) in [4.78, 5) is 19.6. The van der Waals surface area contributed by atoms with Crippen LogP contribution < -0.4 is 9.64 Å². The number of aromatic nitrogens is 2. The number of hydrogen-bond acceptors (Lipinski definition) is 3. The summed E-state index contributed by atoms with van der Waals surface area (Å²) in [7, 11) is 1.76. The number of carbonyl (C=O) groups is 1. The maximum Gasteiger partial charge on any atom is 0.232 e. The second-order valence-electron chi connectivity index (χ2n) is 7.44. The van der Waals surface area contributed by atoms with Gasteiger partial charge in [0, 0.05) is 24.5 Å². The van der Waals surface area contributed by atoms with Crippen molar-refractivity contribution in [1.82, 2.24) is 9.38 Å². The quantitative estimate of drug-likeness (QED) is 0.320. The smallest absolute Gasteiger partial charge is 0.232 e. The van der Waals surface area contributed by atoms with Gasteiger partial charge in [-0.2, -0.15) is 0 Å². The summed E-state index contributed by atoms with van der Waals surface area (Å²) in [5.41, 5.74) is 3.66. The fraction of sp³-hybridized carbons (Fsp3) is 0.200. The Bertz CT molecular complexity index is 1240. The number of likely N-dealkylation sites (N-methyl/N-ethyl adjacent to an activating group) is 1. The highest BCUT2D eigenvalue weighted by atomic mass is 35.5. The van der Waals surface area contributed by atoms with Gasteiger partial charge in [0.25, 0.3) is 0 Å². The van der Waals surface area contributed by atoms with Gasteiger partial charge in [-0.1, -0.05) is 48.3 Å². The molecule has 0 aliphatic carbocycles. The van der Waals surface area contributed by atoms with Gasteiger partial charge in [-0.3, -0.25) is 4.79 Å². The number of halogens is 2. The molecular formula is C25H23Cl2N3O2. The minimum atomic E-state index is -0.0711. The van der Waals surface area contributed by atoms with Crippen LogP contribution in [-0.4, -0.2) is 28.9 Å². The second-order valence-corrected chi connectivity index (χ2v) is 8.29. The lowest BCUT2D eigenvalue weighted by Gasteiger charge is -2.17. The zero-order valence-corrected chi connectivity index (χ0v) is 19.4. The van der Waals surface area contributed by atoms with Crippen LogP contribution in [0, 0.1) is 0 Å². The monoisotopic (exact) mass is 467 g/mol. The summed E-state index contributed by atoms with van der Waals surface area (Å²) in [5.74, 6) is 0.722. The normalized spacial score (nSPS) is 11.0. The molecule has 164 valence electrons. The van der Waals surface area contributed by atoms with Gasteiger partial charge in [0.05, 0.1) is 34.5 Å². The van der Waals surface area contributed by atoms with Crippen LogP contribution in [0.1, 0.15) is 19.0 Å². The third kappa shape index (κ3) is 4.59. The van der Waals surface area contributed by atoms with Gasteiger partial charge in [-0.05, 0) is 48.9 Å². The van der Waals surface area contributed by atoms with Gasteiger partial charge in [-0.15, -0.1) is 0 Å². The van der Waals surface area contributed by atoms with Crippen LogP contribution in [0.2, 0.25) is 10.0 Å². The molecule has 0 saturated heterocycles. The van der Waals surface area contributed by atoms with Crippen molar-refractivity contribution in [3.05, 3.63) is 82.6 Å². The van der Waals surface area contributed by atoms with E-state index < -0.39 is 0 Å². The number of fused-ring (bicyclic) bond motifs is 1. The third-order valence-electron chi connectivity index (χ3n) is 5.18. The van der Waals surface area contributed by atoms with Crippen LogP contribution in [-0.2, 0) is 11.2 Å². The first-order valence-corrected chi connectivity index (χ1v) is 11.1. The van der Waals surface area contributed by atoms with Crippen molar-refractivity contribution in [1.29, 1.82) is 0 Å². The number of benzene rings is 2. The first-order valence-electron chi connectivity index (χ1n) is 10.4. The lowest BCUT2D eigenvalue weighted by atomic mass is 10.1. The second kappa shape index (κ2) is 9.63. The van der Waals surface area contributed by atoms with Gasteiger partial charge in [0.15, 0.2) is 5.65 Å². The predicted molar refractivity (Wildman–Crippen MR) is 130 cm³/mol. The summed E-state index contributed by atoms with van der Waals surface area (Å²) in [6.45, 7) is 2.73. The van der Waals surface area contributed by atoms with Crippen molar-refractivity contribution in [2.45, 2.75) is 19.8 Å². The topological polar surface area (TPSA) is 46.8 Å². The number of nitrogens with zero attached hydrogens (tertiary/aromatic N) is 3. The van der Waals surface area contributed by atoms with E-state index >= 15 is 0 Å². The Labute approximate surface area is 197 Å². The standard InChI is InChI=1S/C25H23Cl2N3O2/c1-3-13-32-20-11-9-17(10-12-20)24-22(30-16-18(26)14-21(27)25(30)28-24)15-23(31)29(2)19-7-5-4-6-8-19/h4-12,14,16H,3,13,15H2,1-2H3. The fourth-order valence-electron chi connectivity index (χ4n) is 3.51. The summed E-state index contributed by atoms with van der Waals surface area (Å²) >= 11 is 12.7. The number of hydrogen-bond donors (Lipinski definition) is 0. The van der Waals surface area contributed by atoms with Crippen LogP contribution in [0.4, 0.5) is 5.69 Å². The van der Waals surface area contributed by atoms with E-state index in [1.807, 2.05) is 54.6 Å². The van der Waals surface area contributed by atoms with Gasteiger partial charge in [0.1, 0.15) is 5.75 Å². The largest absolute Gasteiger partial charge is 0.494 e. The van der Waals surface area contributed by atoms with E-state index in [0.717, 1.165) is 29.1 Å². The lowest BCUT2D eigenvalue weighted by Crippen LogP contribution is -2.28. The summed E-state index contributed by atoms with van der Waals surface area (Å²) in [6, 6.07) is 18.9. The molecule has 2 aromatic carbocycles. The number of imidazole rings is 1. The maximum absolute atomic E-state index is 13.2. The van der Waals surface area contributed by atoms with Crippen molar-refractivity contribution in [3.8, 4) is 17.0 Å². The molecule has 1 amide bonds. The number of para-hydroxylation sites is 1. The van der Waals surface area contributed by atoms with E-state index in [0.29, 0.717) is 28.0 Å². The van der Waals surface area contributed by atoms with Crippen molar-refractivity contribution in [3.63, 3.8) is 0 Å². The van der Waals surface area contributed by atoms with Crippen molar-refractivity contribution in [2.75, 3.05) is 18.6 Å². The third-order valence-corrected chi connectivity index (χ3v) is 5.66. The number of pyridine rings is 1. The Hall–Kier alpha value is -3.02. The molecule has 4 aromatic rings. The Kier molecular flexibility index (Phi) is 6.68. The van der Waals surface area contributed by atoms with Crippen molar-refractivity contribution < 1.29 is 9.53 Å². The zero-order valence-electron chi connectivity index (χ0n) is 17.9. The lowest BCUT2D eigenvalue weighted by molar-refractivity contribution is -0.117.